The van der Waals surface area contributed by atoms with Gasteiger partial charge in [-0.3, -0.25) is 14.9 Å². The van der Waals surface area contributed by atoms with Crippen LogP contribution in [0.1, 0.15) is 19.3 Å². The standard InChI is InChI=1S/C12H13BrN2O4/c13-8-3-4-11(15(18)19)10(5-8)14-9(6-12(16)17)7-1-2-7/h3-5,7,9,14H,1-2,6H2,(H,16,17). The molecule has 6 nitrogen and oxygen atoms in total. The maximum absolute atomic E-state index is 11.0. The second kappa shape index (κ2) is 5.56. The van der Waals surface area contributed by atoms with Gasteiger partial charge in [0.1, 0.15) is 5.69 Å². The summed E-state index contributed by atoms with van der Waals surface area (Å²) in [7, 11) is 0. The van der Waals surface area contributed by atoms with Crippen molar-refractivity contribution < 1.29 is 14.8 Å². The maximum Gasteiger partial charge on any atom is 0.305 e. The Morgan fingerprint density at radius 3 is 2.79 bits per heavy atom. The van der Waals surface area contributed by atoms with Crippen LogP contribution in [0.2, 0.25) is 0 Å². The van der Waals surface area contributed by atoms with E-state index in [9.17, 15) is 14.9 Å². The molecule has 0 aromatic heterocycles. The third-order valence-corrected chi connectivity index (χ3v) is 3.58. The van der Waals surface area contributed by atoms with Crippen molar-refractivity contribution >= 4 is 33.3 Å². The van der Waals surface area contributed by atoms with Gasteiger partial charge in [-0.05, 0) is 30.9 Å². The van der Waals surface area contributed by atoms with Crippen LogP contribution in [0.5, 0.6) is 0 Å². The van der Waals surface area contributed by atoms with E-state index in [0.717, 1.165) is 12.8 Å². The Bertz CT molecular complexity index is 516. The van der Waals surface area contributed by atoms with Crippen LogP contribution in [0.15, 0.2) is 22.7 Å². The second-order valence-corrected chi connectivity index (χ2v) is 5.52. The van der Waals surface area contributed by atoms with E-state index in [1.165, 1.54) is 6.07 Å². The predicted molar refractivity (Wildman–Crippen MR) is 73.2 cm³/mol. The Labute approximate surface area is 118 Å². The molecule has 0 aliphatic heterocycles. The Kier molecular flexibility index (Phi) is 4.04. The molecule has 0 radical (unpaired) electrons. The number of benzene rings is 1. The minimum Gasteiger partial charge on any atom is -0.481 e. The number of nitrogens with one attached hydrogen (secondary N) is 1. The summed E-state index contributed by atoms with van der Waals surface area (Å²) in [6.45, 7) is 0. The molecule has 0 saturated heterocycles. The average molecular weight is 329 g/mol. The zero-order valence-corrected chi connectivity index (χ0v) is 11.6. The summed E-state index contributed by atoms with van der Waals surface area (Å²) < 4.78 is 0.713. The summed E-state index contributed by atoms with van der Waals surface area (Å²) in [6, 6.07) is 4.34. The molecule has 0 spiro atoms. The van der Waals surface area contributed by atoms with Crippen LogP contribution in [0, 0.1) is 16.0 Å². The fraction of sp³-hybridized carbons (Fsp3) is 0.417. The Balaban J connectivity index is 2.22. The van der Waals surface area contributed by atoms with Crippen LogP contribution >= 0.6 is 15.9 Å². The van der Waals surface area contributed by atoms with Gasteiger partial charge in [0.25, 0.3) is 5.69 Å². The van der Waals surface area contributed by atoms with Gasteiger partial charge in [0, 0.05) is 16.6 Å². The molecular weight excluding hydrogens is 316 g/mol. The lowest BCUT2D eigenvalue weighted by Crippen LogP contribution is -2.25. The number of halogens is 1. The number of hydrogen-bond acceptors (Lipinski definition) is 4. The number of hydrogen-bond donors (Lipinski definition) is 2. The fourth-order valence-corrected chi connectivity index (χ4v) is 2.37. The third kappa shape index (κ3) is 3.66. The fourth-order valence-electron chi connectivity index (χ4n) is 2.01. The summed E-state index contributed by atoms with van der Waals surface area (Å²) >= 11 is 3.26. The Morgan fingerprint density at radius 1 is 1.58 bits per heavy atom. The minimum atomic E-state index is -0.901. The number of nitrogens with zero attached hydrogens (tertiary/aromatic N) is 1. The van der Waals surface area contributed by atoms with Crippen LogP contribution in [-0.4, -0.2) is 22.0 Å². The molecule has 1 saturated carbocycles. The second-order valence-electron chi connectivity index (χ2n) is 4.60. The lowest BCUT2D eigenvalue weighted by Gasteiger charge is -2.17. The average Bonchev–Trinajstić information content (AvgIpc) is 3.10. The van der Waals surface area contributed by atoms with Crippen molar-refractivity contribution in [2.45, 2.75) is 25.3 Å². The van der Waals surface area contributed by atoms with Gasteiger partial charge in [0.15, 0.2) is 0 Å². The van der Waals surface area contributed by atoms with Gasteiger partial charge in [-0.2, -0.15) is 0 Å². The van der Waals surface area contributed by atoms with E-state index in [0.29, 0.717) is 10.2 Å². The Morgan fingerprint density at radius 2 is 2.26 bits per heavy atom. The number of carboxylic acids is 1. The van der Waals surface area contributed by atoms with Crippen molar-refractivity contribution in [2.75, 3.05) is 5.32 Å². The number of carbonyl (C=O) groups is 1. The van der Waals surface area contributed by atoms with E-state index < -0.39 is 10.9 Å². The van der Waals surface area contributed by atoms with Crippen LogP contribution in [-0.2, 0) is 4.79 Å². The molecule has 2 rings (SSSR count). The first-order chi connectivity index (χ1) is 8.97. The first kappa shape index (κ1) is 13.8. The molecule has 7 heteroatoms. The number of carboxylic acid groups (broad SMARTS) is 1. The summed E-state index contributed by atoms with van der Waals surface area (Å²) in [4.78, 5) is 21.3. The van der Waals surface area contributed by atoms with E-state index in [1.807, 2.05) is 0 Å². The molecule has 1 aliphatic rings. The van der Waals surface area contributed by atoms with Gasteiger partial charge in [-0.1, -0.05) is 15.9 Å². The van der Waals surface area contributed by atoms with Crippen LogP contribution in [0.25, 0.3) is 0 Å². The van der Waals surface area contributed by atoms with Crippen molar-refractivity contribution in [3.63, 3.8) is 0 Å². The smallest absolute Gasteiger partial charge is 0.305 e. The lowest BCUT2D eigenvalue weighted by molar-refractivity contribution is -0.384. The van der Waals surface area contributed by atoms with Crippen LogP contribution in [0.4, 0.5) is 11.4 Å². The first-order valence-corrected chi connectivity index (χ1v) is 6.69. The zero-order valence-electron chi connectivity index (χ0n) is 10.0. The molecule has 1 fully saturated rings. The molecule has 0 amide bonds. The van der Waals surface area contributed by atoms with Crippen molar-refractivity contribution in [2.24, 2.45) is 5.92 Å². The first-order valence-electron chi connectivity index (χ1n) is 5.89. The molecular formula is C12H13BrN2O4. The van der Waals surface area contributed by atoms with Gasteiger partial charge in [0.05, 0.1) is 11.3 Å². The van der Waals surface area contributed by atoms with Gasteiger partial charge < -0.3 is 10.4 Å². The van der Waals surface area contributed by atoms with E-state index in [4.69, 9.17) is 5.11 Å². The number of nitro benzene ring substituents is 1. The summed E-state index contributed by atoms with van der Waals surface area (Å²) in [5.74, 6) is -0.614. The Hall–Kier alpha value is -1.63. The highest BCUT2D eigenvalue weighted by Gasteiger charge is 2.33. The van der Waals surface area contributed by atoms with Gasteiger partial charge in [-0.25, -0.2) is 0 Å². The monoisotopic (exact) mass is 328 g/mol. The van der Waals surface area contributed by atoms with Gasteiger partial charge in [-0.15, -0.1) is 0 Å². The highest BCUT2D eigenvalue weighted by Crippen LogP contribution is 2.37. The third-order valence-electron chi connectivity index (χ3n) is 3.08. The lowest BCUT2D eigenvalue weighted by atomic mass is 10.1. The number of nitro groups is 1. The van der Waals surface area contributed by atoms with Gasteiger partial charge in [0.2, 0.25) is 0 Å². The van der Waals surface area contributed by atoms with Crippen LogP contribution < -0.4 is 5.32 Å². The van der Waals surface area contributed by atoms with E-state index in [2.05, 4.69) is 21.2 Å². The highest BCUT2D eigenvalue weighted by molar-refractivity contribution is 9.10. The molecule has 19 heavy (non-hydrogen) atoms. The molecule has 102 valence electrons. The molecule has 1 aliphatic carbocycles. The summed E-state index contributed by atoms with van der Waals surface area (Å²) in [5, 5.41) is 22.9. The molecule has 1 aromatic rings. The quantitative estimate of drug-likeness (QED) is 0.618. The van der Waals surface area contributed by atoms with Crippen molar-refractivity contribution in [3.8, 4) is 0 Å². The van der Waals surface area contributed by atoms with Crippen LogP contribution in [0.3, 0.4) is 0 Å². The predicted octanol–water partition coefficient (Wildman–Crippen LogP) is 3.02. The van der Waals surface area contributed by atoms with E-state index >= 15 is 0 Å². The topological polar surface area (TPSA) is 92.5 Å². The molecule has 1 unspecified atom stereocenters. The maximum atomic E-state index is 11.0. The normalized spacial score (nSPS) is 15.8. The van der Waals surface area contributed by atoms with E-state index in [-0.39, 0.29) is 24.1 Å². The van der Waals surface area contributed by atoms with Crippen molar-refractivity contribution in [3.05, 3.63) is 32.8 Å². The number of rotatable bonds is 6. The number of anilines is 1. The van der Waals surface area contributed by atoms with Gasteiger partial charge >= 0.3 is 5.97 Å². The van der Waals surface area contributed by atoms with Crippen molar-refractivity contribution in [1.82, 2.24) is 0 Å². The molecule has 0 heterocycles. The highest BCUT2D eigenvalue weighted by atomic mass is 79.9. The molecule has 0 bridgehead atoms. The zero-order chi connectivity index (χ0) is 14.0. The van der Waals surface area contributed by atoms with Crippen molar-refractivity contribution in [1.29, 1.82) is 0 Å². The largest absolute Gasteiger partial charge is 0.481 e. The molecule has 1 atom stereocenters. The SMILES string of the molecule is O=C(O)CC(Nc1cc(Br)ccc1[N+](=O)[O-])C1CC1. The van der Waals surface area contributed by atoms with E-state index in [1.54, 1.807) is 12.1 Å². The molecule has 1 aromatic carbocycles. The molecule has 2 N–H and O–H groups in total. The summed E-state index contributed by atoms with van der Waals surface area (Å²) in [6.07, 6.45) is 1.90. The minimum absolute atomic E-state index is 0.0334. The summed E-state index contributed by atoms with van der Waals surface area (Å²) in [5.41, 5.74) is 0.316. The number of aliphatic carboxylic acids is 1.